The van der Waals surface area contributed by atoms with E-state index in [0.717, 1.165) is 29.4 Å². The fourth-order valence-corrected chi connectivity index (χ4v) is 3.76. The van der Waals surface area contributed by atoms with Gasteiger partial charge < -0.3 is 10.0 Å². The second kappa shape index (κ2) is 7.83. The monoisotopic (exact) mass is 355 g/mol. The zero-order chi connectivity index (χ0) is 18.7. The maximum absolute atomic E-state index is 13.1. The molecule has 2 aromatic rings. The zero-order valence-electron chi connectivity index (χ0n) is 15.3. The van der Waals surface area contributed by atoms with Crippen molar-refractivity contribution in [3.63, 3.8) is 0 Å². The molecule has 1 aromatic carbocycles. The lowest BCUT2D eigenvalue weighted by atomic mass is 10.0. The molecule has 0 spiro atoms. The van der Waals surface area contributed by atoms with Gasteiger partial charge in [-0.2, -0.15) is 0 Å². The standard InChI is InChI=1S/C20H25N3O3/c1-3-22(13-19(24)25)15-8-10-23(11-9-15)20(26)17-12-14(2)21-18-7-5-4-6-16(17)18/h4-7,12,15H,3,8-11,13H2,1-2H3,(H,24,25). The van der Waals surface area contributed by atoms with E-state index in [-0.39, 0.29) is 18.5 Å². The molecule has 0 unspecified atom stereocenters. The van der Waals surface area contributed by atoms with Crippen LogP contribution in [0.15, 0.2) is 30.3 Å². The first-order valence-electron chi connectivity index (χ1n) is 9.11. The number of aliphatic carboxylic acids is 1. The Balaban J connectivity index is 1.74. The van der Waals surface area contributed by atoms with Crippen LogP contribution < -0.4 is 0 Å². The van der Waals surface area contributed by atoms with Crippen molar-refractivity contribution in [3.8, 4) is 0 Å². The van der Waals surface area contributed by atoms with Gasteiger partial charge in [0.05, 0.1) is 17.6 Å². The summed E-state index contributed by atoms with van der Waals surface area (Å²) in [5, 5.41) is 9.93. The fourth-order valence-electron chi connectivity index (χ4n) is 3.76. The van der Waals surface area contributed by atoms with Gasteiger partial charge in [-0.25, -0.2) is 0 Å². The van der Waals surface area contributed by atoms with Gasteiger partial charge in [0.2, 0.25) is 0 Å². The zero-order valence-corrected chi connectivity index (χ0v) is 15.3. The molecule has 0 atom stereocenters. The van der Waals surface area contributed by atoms with E-state index in [2.05, 4.69) is 4.98 Å². The van der Waals surface area contributed by atoms with Crippen molar-refractivity contribution < 1.29 is 14.7 Å². The maximum Gasteiger partial charge on any atom is 0.317 e. The minimum Gasteiger partial charge on any atom is -0.480 e. The number of nitrogens with zero attached hydrogens (tertiary/aromatic N) is 3. The van der Waals surface area contributed by atoms with Crippen LogP contribution in [-0.4, -0.2) is 64.0 Å². The number of amides is 1. The van der Waals surface area contributed by atoms with Crippen LogP contribution in [0.1, 0.15) is 35.8 Å². The maximum atomic E-state index is 13.1. The Kier molecular flexibility index (Phi) is 5.52. The van der Waals surface area contributed by atoms with Gasteiger partial charge in [0.25, 0.3) is 5.91 Å². The number of piperidine rings is 1. The summed E-state index contributed by atoms with van der Waals surface area (Å²) in [6, 6.07) is 9.80. The predicted molar refractivity (Wildman–Crippen MR) is 100 cm³/mol. The summed E-state index contributed by atoms with van der Waals surface area (Å²) in [6.45, 7) is 5.94. The molecular formula is C20H25N3O3. The lowest BCUT2D eigenvalue weighted by molar-refractivity contribution is -0.139. The number of carboxylic acid groups (broad SMARTS) is 1. The van der Waals surface area contributed by atoms with E-state index >= 15 is 0 Å². The Bertz CT molecular complexity index is 813. The molecule has 0 saturated carbocycles. The number of pyridine rings is 1. The molecule has 138 valence electrons. The number of hydrogen-bond acceptors (Lipinski definition) is 4. The van der Waals surface area contributed by atoms with Crippen LogP contribution in [0.25, 0.3) is 10.9 Å². The highest BCUT2D eigenvalue weighted by Gasteiger charge is 2.28. The molecule has 6 heteroatoms. The van der Waals surface area contributed by atoms with Crippen LogP contribution in [0.3, 0.4) is 0 Å². The van der Waals surface area contributed by atoms with Gasteiger partial charge in [-0.15, -0.1) is 0 Å². The molecule has 0 radical (unpaired) electrons. The summed E-state index contributed by atoms with van der Waals surface area (Å²) in [5.41, 5.74) is 2.37. The number of fused-ring (bicyclic) bond motifs is 1. The van der Waals surface area contributed by atoms with Crippen molar-refractivity contribution in [2.45, 2.75) is 32.7 Å². The number of likely N-dealkylation sites (tertiary alicyclic amines) is 1. The van der Waals surface area contributed by atoms with Crippen LogP contribution in [-0.2, 0) is 4.79 Å². The SMILES string of the molecule is CCN(CC(=O)O)C1CCN(C(=O)c2cc(C)nc3ccccc23)CC1. The van der Waals surface area contributed by atoms with Gasteiger partial charge in [-0.05, 0) is 38.4 Å². The Morgan fingerprint density at radius 2 is 1.96 bits per heavy atom. The molecule has 3 rings (SSSR count). The van der Waals surface area contributed by atoms with Gasteiger partial charge in [-0.1, -0.05) is 25.1 Å². The van der Waals surface area contributed by atoms with Crippen molar-refractivity contribution >= 4 is 22.8 Å². The molecular weight excluding hydrogens is 330 g/mol. The van der Waals surface area contributed by atoms with E-state index in [1.807, 2.05) is 54.0 Å². The average molecular weight is 355 g/mol. The number of rotatable bonds is 5. The minimum absolute atomic E-state index is 0.0337. The normalized spacial score (nSPS) is 15.6. The third kappa shape index (κ3) is 3.85. The minimum atomic E-state index is -0.802. The smallest absolute Gasteiger partial charge is 0.317 e. The largest absolute Gasteiger partial charge is 0.480 e. The average Bonchev–Trinajstić information content (AvgIpc) is 2.65. The third-order valence-electron chi connectivity index (χ3n) is 5.09. The highest BCUT2D eigenvalue weighted by Crippen LogP contribution is 2.23. The Hall–Kier alpha value is -2.47. The second-order valence-electron chi connectivity index (χ2n) is 6.81. The van der Waals surface area contributed by atoms with Crippen molar-refractivity contribution in [2.75, 3.05) is 26.2 Å². The molecule has 0 bridgehead atoms. The summed E-state index contributed by atoms with van der Waals surface area (Å²) in [4.78, 5) is 32.5. The number of carbonyl (C=O) groups is 2. The van der Waals surface area contributed by atoms with E-state index in [1.54, 1.807) is 0 Å². The van der Waals surface area contributed by atoms with Crippen LogP contribution >= 0.6 is 0 Å². The number of para-hydroxylation sites is 1. The molecule has 1 amide bonds. The number of hydrogen-bond donors (Lipinski definition) is 1. The fraction of sp³-hybridized carbons (Fsp3) is 0.450. The molecule has 0 aliphatic carbocycles. The Labute approximate surface area is 153 Å². The quantitative estimate of drug-likeness (QED) is 0.892. The van der Waals surface area contributed by atoms with Crippen LogP contribution in [0.4, 0.5) is 0 Å². The van der Waals surface area contributed by atoms with Crippen molar-refractivity contribution in [3.05, 3.63) is 41.6 Å². The summed E-state index contributed by atoms with van der Waals surface area (Å²) in [7, 11) is 0. The molecule has 1 fully saturated rings. The van der Waals surface area contributed by atoms with Crippen molar-refractivity contribution in [1.82, 2.24) is 14.8 Å². The van der Waals surface area contributed by atoms with Crippen LogP contribution in [0.2, 0.25) is 0 Å². The molecule has 1 aromatic heterocycles. The number of carboxylic acids is 1. The predicted octanol–water partition coefficient (Wildman–Crippen LogP) is 2.55. The second-order valence-corrected chi connectivity index (χ2v) is 6.81. The van der Waals surface area contributed by atoms with Crippen molar-refractivity contribution in [2.24, 2.45) is 0 Å². The first kappa shape index (κ1) is 18.3. The first-order chi connectivity index (χ1) is 12.5. The number of benzene rings is 1. The van der Waals surface area contributed by atoms with Crippen molar-refractivity contribution in [1.29, 1.82) is 0 Å². The van der Waals surface area contributed by atoms with Crippen LogP contribution in [0, 0.1) is 6.92 Å². The molecule has 1 N–H and O–H groups in total. The molecule has 1 aliphatic heterocycles. The Morgan fingerprint density at radius 1 is 1.27 bits per heavy atom. The highest BCUT2D eigenvalue weighted by molar-refractivity contribution is 6.06. The van der Waals surface area contributed by atoms with E-state index in [9.17, 15) is 9.59 Å². The number of aromatic nitrogens is 1. The van der Waals surface area contributed by atoms with Crippen LogP contribution in [0.5, 0.6) is 0 Å². The lowest BCUT2D eigenvalue weighted by Gasteiger charge is -2.37. The molecule has 6 nitrogen and oxygen atoms in total. The molecule has 26 heavy (non-hydrogen) atoms. The topological polar surface area (TPSA) is 73.7 Å². The summed E-state index contributed by atoms with van der Waals surface area (Å²) < 4.78 is 0. The molecule has 1 saturated heterocycles. The Morgan fingerprint density at radius 3 is 2.62 bits per heavy atom. The lowest BCUT2D eigenvalue weighted by Crippen LogP contribution is -2.48. The van der Waals surface area contributed by atoms with E-state index < -0.39 is 5.97 Å². The van der Waals surface area contributed by atoms with Gasteiger partial charge in [0.1, 0.15) is 0 Å². The van der Waals surface area contributed by atoms with Gasteiger partial charge in [0, 0.05) is 30.2 Å². The van der Waals surface area contributed by atoms with E-state index in [4.69, 9.17) is 5.11 Å². The molecule has 2 heterocycles. The van der Waals surface area contributed by atoms with E-state index in [0.29, 0.717) is 25.2 Å². The first-order valence-corrected chi connectivity index (χ1v) is 9.11. The third-order valence-corrected chi connectivity index (χ3v) is 5.09. The number of carbonyl (C=O) groups excluding carboxylic acids is 1. The highest BCUT2D eigenvalue weighted by atomic mass is 16.4. The van der Waals surface area contributed by atoms with Gasteiger partial charge in [0.15, 0.2) is 0 Å². The number of aryl methyl sites for hydroxylation is 1. The summed E-state index contributed by atoms with van der Waals surface area (Å²) in [6.07, 6.45) is 1.60. The van der Waals surface area contributed by atoms with Gasteiger partial charge >= 0.3 is 5.97 Å². The summed E-state index contributed by atoms with van der Waals surface area (Å²) in [5.74, 6) is -0.768. The van der Waals surface area contributed by atoms with E-state index in [1.165, 1.54) is 0 Å². The summed E-state index contributed by atoms with van der Waals surface area (Å²) >= 11 is 0. The van der Waals surface area contributed by atoms with Gasteiger partial charge in [-0.3, -0.25) is 19.5 Å². The number of likely N-dealkylation sites (N-methyl/N-ethyl adjacent to an activating group) is 1. The molecule has 1 aliphatic rings.